The zero-order valence-corrected chi connectivity index (χ0v) is 16.0. The fraction of sp³-hybridized carbons (Fsp3) is 0.500. The summed E-state index contributed by atoms with van der Waals surface area (Å²) in [5.41, 5.74) is 3.21. The van der Waals surface area contributed by atoms with Gasteiger partial charge in [-0.25, -0.2) is 4.98 Å². The minimum absolute atomic E-state index is 0.433. The van der Waals surface area contributed by atoms with Crippen molar-refractivity contribution in [2.75, 3.05) is 33.2 Å². The van der Waals surface area contributed by atoms with Gasteiger partial charge in [0.1, 0.15) is 5.01 Å². The molecule has 1 N–H and O–H groups in total. The van der Waals surface area contributed by atoms with E-state index in [0.29, 0.717) is 6.42 Å². The standard InChI is InChI=1S/C20H25N3O2S/c1-22-8-10-23(11-9-22)13-14-4-2-5-15(12-14)19-21-18-16(20(24)25)6-3-7-17(18)26-19/h2,4-5,12,16H,3,6-11,13H2,1H3,(H,24,25). The second-order valence-electron chi connectivity index (χ2n) is 7.39. The van der Waals surface area contributed by atoms with Gasteiger partial charge in [0.05, 0.1) is 11.6 Å². The zero-order valence-electron chi connectivity index (χ0n) is 15.1. The number of carboxylic acid groups (broad SMARTS) is 1. The zero-order chi connectivity index (χ0) is 18.1. The number of piperazine rings is 1. The number of aromatic nitrogens is 1. The van der Waals surface area contributed by atoms with Crippen LogP contribution in [0, 0.1) is 0 Å². The monoisotopic (exact) mass is 371 g/mol. The SMILES string of the molecule is CN1CCN(Cc2cccc(-c3nc4c(s3)CCCC4C(=O)O)c2)CC1. The molecule has 1 atom stereocenters. The van der Waals surface area contributed by atoms with Crippen LogP contribution in [-0.4, -0.2) is 59.1 Å². The van der Waals surface area contributed by atoms with Crippen LogP contribution in [-0.2, 0) is 17.8 Å². The normalized spacial score (nSPS) is 21.5. The lowest BCUT2D eigenvalue weighted by Gasteiger charge is -2.32. The van der Waals surface area contributed by atoms with Crippen LogP contribution in [0.15, 0.2) is 24.3 Å². The molecule has 6 heteroatoms. The maximum atomic E-state index is 11.5. The van der Waals surface area contributed by atoms with E-state index in [4.69, 9.17) is 4.98 Å². The lowest BCUT2D eigenvalue weighted by Crippen LogP contribution is -2.43. The minimum Gasteiger partial charge on any atom is -0.481 e. The summed E-state index contributed by atoms with van der Waals surface area (Å²) in [4.78, 5) is 22.3. The highest BCUT2D eigenvalue weighted by Gasteiger charge is 2.30. The third-order valence-corrected chi connectivity index (χ3v) is 6.61. The number of carbonyl (C=O) groups is 1. The Bertz CT molecular complexity index is 796. The Labute approximate surface area is 158 Å². The average Bonchev–Trinajstić information content (AvgIpc) is 3.08. The summed E-state index contributed by atoms with van der Waals surface area (Å²) in [6.45, 7) is 5.41. The quantitative estimate of drug-likeness (QED) is 0.895. The molecule has 2 heterocycles. The van der Waals surface area contributed by atoms with Gasteiger partial charge in [-0.3, -0.25) is 9.69 Å². The van der Waals surface area contributed by atoms with Crippen LogP contribution in [0.2, 0.25) is 0 Å². The van der Waals surface area contributed by atoms with E-state index in [1.54, 1.807) is 11.3 Å². The van der Waals surface area contributed by atoms with E-state index in [0.717, 1.165) is 66.7 Å². The van der Waals surface area contributed by atoms with Gasteiger partial charge in [-0.05, 0) is 37.9 Å². The first kappa shape index (κ1) is 17.6. The van der Waals surface area contributed by atoms with Crippen LogP contribution in [0.4, 0.5) is 0 Å². The van der Waals surface area contributed by atoms with E-state index in [2.05, 4.69) is 41.1 Å². The first-order chi connectivity index (χ1) is 12.6. The lowest BCUT2D eigenvalue weighted by atomic mass is 9.91. The van der Waals surface area contributed by atoms with Crippen molar-refractivity contribution in [2.24, 2.45) is 0 Å². The van der Waals surface area contributed by atoms with E-state index in [9.17, 15) is 9.90 Å². The molecule has 1 aliphatic carbocycles. The van der Waals surface area contributed by atoms with Gasteiger partial charge in [0.25, 0.3) is 0 Å². The summed E-state index contributed by atoms with van der Waals surface area (Å²) >= 11 is 1.67. The number of thiazole rings is 1. The van der Waals surface area contributed by atoms with Crippen molar-refractivity contribution in [1.29, 1.82) is 0 Å². The van der Waals surface area contributed by atoms with E-state index in [-0.39, 0.29) is 0 Å². The number of hydrogen-bond acceptors (Lipinski definition) is 5. The van der Waals surface area contributed by atoms with Gasteiger partial charge in [0.15, 0.2) is 0 Å². The number of aliphatic carboxylic acids is 1. The van der Waals surface area contributed by atoms with Crippen molar-refractivity contribution in [2.45, 2.75) is 31.7 Å². The van der Waals surface area contributed by atoms with E-state index in [1.165, 1.54) is 5.56 Å². The van der Waals surface area contributed by atoms with Crippen LogP contribution < -0.4 is 0 Å². The minimum atomic E-state index is -0.744. The van der Waals surface area contributed by atoms with Gasteiger partial charge in [-0.2, -0.15) is 0 Å². The second-order valence-corrected chi connectivity index (χ2v) is 8.47. The summed E-state index contributed by atoms with van der Waals surface area (Å²) in [5.74, 6) is -1.18. The summed E-state index contributed by atoms with van der Waals surface area (Å²) < 4.78 is 0. The van der Waals surface area contributed by atoms with Gasteiger partial charge < -0.3 is 10.0 Å². The first-order valence-corrected chi connectivity index (χ1v) is 10.1. The number of nitrogens with zero attached hydrogens (tertiary/aromatic N) is 3. The average molecular weight is 372 g/mol. The largest absolute Gasteiger partial charge is 0.481 e. The highest BCUT2D eigenvalue weighted by Crippen LogP contribution is 2.38. The van der Waals surface area contributed by atoms with Crippen molar-refractivity contribution < 1.29 is 9.90 Å². The predicted octanol–water partition coefficient (Wildman–Crippen LogP) is 3.06. The Hall–Kier alpha value is -1.76. The van der Waals surface area contributed by atoms with Gasteiger partial charge in [-0.15, -0.1) is 11.3 Å². The molecule has 1 aromatic heterocycles. The molecule has 1 aliphatic heterocycles. The number of fused-ring (bicyclic) bond motifs is 1. The Morgan fingerprint density at radius 1 is 1.31 bits per heavy atom. The molecular formula is C20H25N3O2S. The topological polar surface area (TPSA) is 56.7 Å². The van der Waals surface area contributed by atoms with E-state index < -0.39 is 11.9 Å². The Kier molecular flexibility index (Phi) is 5.07. The molecule has 1 aromatic carbocycles. The number of likely N-dealkylation sites (N-methyl/N-ethyl adjacent to an activating group) is 1. The molecule has 2 aliphatic rings. The number of carboxylic acids is 1. The molecule has 0 radical (unpaired) electrons. The van der Waals surface area contributed by atoms with E-state index >= 15 is 0 Å². The molecule has 5 nitrogen and oxygen atoms in total. The molecule has 1 fully saturated rings. The van der Waals surface area contributed by atoms with Crippen LogP contribution in [0.1, 0.15) is 34.9 Å². The van der Waals surface area contributed by atoms with E-state index in [1.807, 2.05) is 0 Å². The molecular weight excluding hydrogens is 346 g/mol. The van der Waals surface area contributed by atoms with Gasteiger partial charge in [0.2, 0.25) is 0 Å². The van der Waals surface area contributed by atoms with Crippen LogP contribution in [0.25, 0.3) is 10.6 Å². The third kappa shape index (κ3) is 3.68. The molecule has 0 amide bonds. The molecule has 4 rings (SSSR count). The van der Waals surface area contributed by atoms with Crippen molar-refractivity contribution >= 4 is 17.3 Å². The maximum absolute atomic E-state index is 11.5. The Morgan fingerprint density at radius 3 is 2.88 bits per heavy atom. The molecule has 26 heavy (non-hydrogen) atoms. The molecule has 138 valence electrons. The molecule has 0 bridgehead atoms. The van der Waals surface area contributed by atoms with Crippen molar-refractivity contribution in [3.8, 4) is 10.6 Å². The van der Waals surface area contributed by atoms with Gasteiger partial charge >= 0.3 is 5.97 Å². The van der Waals surface area contributed by atoms with Gasteiger partial charge in [-0.1, -0.05) is 18.2 Å². The van der Waals surface area contributed by atoms with Crippen molar-refractivity contribution in [1.82, 2.24) is 14.8 Å². The van der Waals surface area contributed by atoms with Gasteiger partial charge in [0, 0.05) is 43.2 Å². The number of hydrogen-bond donors (Lipinski definition) is 1. The molecule has 1 saturated heterocycles. The highest BCUT2D eigenvalue weighted by molar-refractivity contribution is 7.15. The first-order valence-electron chi connectivity index (χ1n) is 9.33. The molecule has 2 aromatic rings. The van der Waals surface area contributed by atoms with Crippen LogP contribution in [0.5, 0.6) is 0 Å². The maximum Gasteiger partial charge on any atom is 0.312 e. The van der Waals surface area contributed by atoms with Crippen molar-refractivity contribution in [3.05, 3.63) is 40.4 Å². The van der Waals surface area contributed by atoms with Crippen LogP contribution >= 0.6 is 11.3 Å². The fourth-order valence-corrected chi connectivity index (χ4v) is 5.01. The Morgan fingerprint density at radius 2 is 2.12 bits per heavy atom. The molecule has 1 unspecified atom stereocenters. The summed E-state index contributed by atoms with van der Waals surface area (Å²) in [6.07, 6.45) is 2.60. The summed E-state index contributed by atoms with van der Waals surface area (Å²) in [7, 11) is 2.17. The molecule has 0 saturated carbocycles. The number of aryl methyl sites for hydroxylation is 1. The number of benzene rings is 1. The fourth-order valence-electron chi connectivity index (χ4n) is 3.85. The van der Waals surface area contributed by atoms with Crippen LogP contribution in [0.3, 0.4) is 0 Å². The smallest absolute Gasteiger partial charge is 0.312 e. The highest BCUT2D eigenvalue weighted by atomic mass is 32.1. The summed E-state index contributed by atoms with van der Waals surface area (Å²) in [6, 6.07) is 8.58. The Balaban J connectivity index is 1.54. The number of rotatable bonds is 4. The second kappa shape index (κ2) is 7.47. The summed E-state index contributed by atoms with van der Waals surface area (Å²) in [5, 5.41) is 10.4. The predicted molar refractivity (Wildman–Crippen MR) is 104 cm³/mol. The lowest BCUT2D eigenvalue weighted by molar-refractivity contribution is -0.139. The third-order valence-electron chi connectivity index (χ3n) is 5.43. The van der Waals surface area contributed by atoms with Crippen molar-refractivity contribution in [3.63, 3.8) is 0 Å². The molecule has 0 spiro atoms.